The van der Waals surface area contributed by atoms with Crippen molar-refractivity contribution in [2.75, 3.05) is 23.0 Å². The van der Waals surface area contributed by atoms with Crippen LogP contribution in [0.5, 0.6) is 0 Å². The monoisotopic (exact) mass is 496 g/mol. The van der Waals surface area contributed by atoms with E-state index in [4.69, 9.17) is 0 Å². The Morgan fingerprint density at radius 1 is 0.600 bits per heavy atom. The smallest absolute Gasteiger partial charge is 0.748 e. The molecule has 4 atom stereocenters. The van der Waals surface area contributed by atoms with E-state index in [0.717, 1.165) is 0 Å². The first-order valence-corrected chi connectivity index (χ1v) is 15.3. The van der Waals surface area contributed by atoms with Gasteiger partial charge in [-0.25, -0.2) is 33.7 Å². The molecule has 0 saturated heterocycles. The van der Waals surface area contributed by atoms with Crippen molar-refractivity contribution in [1.82, 2.24) is 0 Å². The molecule has 0 N–H and O–H groups in total. The molecule has 30 heavy (non-hydrogen) atoms. The fraction of sp³-hybridized carbons (Fsp3) is 1.00. The van der Waals surface area contributed by atoms with Gasteiger partial charge in [-0.15, -0.1) is 0 Å². The van der Waals surface area contributed by atoms with Crippen LogP contribution in [0.15, 0.2) is 0 Å². The van der Waals surface area contributed by atoms with Crippen LogP contribution in [0, 0.1) is 11.8 Å². The maximum atomic E-state index is 12.7. The average molecular weight is 497 g/mol. The van der Waals surface area contributed by atoms with Gasteiger partial charge in [-0.1, -0.05) is 13.8 Å². The van der Waals surface area contributed by atoms with Crippen LogP contribution in [0.1, 0.15) is 39.5 Å². The maximum Gasteiger partial charge on any atom is 1.00 e. The van der Waals surface area contributed by atoms with E-state index in [9.17, 15) is 42.8 Å². The SMILES string of the molecule is CC1CC(S(=O)(=O)CCCS(=O)(=O)[O-])C(S(=O)(=O)CCCS(=O)(=O)[O-])CC1C.[Li+].[Li+]. The first-order chi connectivity index (χ1) is 12.4. The molecule has 0 spiro atoms. The molecule has 4 unspecified atom stereocenters. The number of hydrogen-bond donors (Lipinski definition) is 0. The van der Waals surface area contributed by atoms with E-state index in [0.29, 0.717) is 0 Å². The van der Waals surface area contributed by atoms with Gasteiger partial charge >= 0.3 is 37.7 Å². The maximum absolute atomic E-state index is 12.7. The van der Waals surface area contributed by atoms with Crippen molar-refractivity contribution < 1.29 is 80.5 Å². The second-order valence-corrected chi connectivity index (χ2v) is 15.2. The van der Waals surface area contributed by atoms with Gasteiger partial charge in [0.1, 0.15) is 0 Å². The number of hydrogen-bond acceptors (Lipinski definition) is 10. The van der Waals surface area contributed by atoms with Crippen LogP contribution in [-0.2, 0) is 39.9 Å². The molecule has 0 aromatic carbocycles. The Bertz CT molecular complexity index is 878. The quantitative estimate of drug-likeness (QED) is 0.208. The van der Waals surface area contributed by atoms with Crippen LogP contribution in [0.4, 0.5) is 0 Å². The number of rotatable bonds is 10. The molecular formula is C14H26Li2O10S4. The van der Waals surface area contributed by atoms with Gasteiger partial charge in [0, 0.05) is 11.5 Å². The van der Waals surface area contributed by atoms with Crippen molar-refractivity contribution in [3.8, 4) is 0 Å². The summed E-state index contributed by atoms with van der Waals surface area (Å²) in [6, 6.07) is 0. The van der Waals surface area contributed by atoms with Crippen LogP contribution in [0.2, 0.25) is 0 Å². The molecule has 1 aliphatic rings. The molecule has 1 rings (SSSR count). The molecule has 168 valence electrons. The second kappa shape index (κ2) is 12.4. The molecule has 0 amide bonds. The summed E-state index contributed by atoms with van der Waals surface area (Å²) < 4.78 is 115. The third kappa shape index (κ3) is 11.2. The van der Waals surface area contributed by atoms with Gasteiger partial charge in [-0.3, -0.25) is 0 Å². The van der Waals surface area contributed by atoms with Crippen molar-refractivity contribution in [2.24, 2.45) is 11.8 Å². The Balaban J connectivity index is 0. The molecule has 1 aliphatic carbocycles. The van der Waals surface area contributed by atoms with E-state index in [2.05, 4.69) is 0 Å². The first-order valence-electron chi connectivity index (χ1n) is 8.75. The summed E-state index contributed by atoms with van der Waals surface area (Å²) in [4.78, 5) is 0. The van der Waals surface area contributed by atoms with Gasteiger partial charge in [0.15, 0.2) is 19.7 Å². The third-order valence-corrected chi connectivity index (χ3v) is 11.5. The molecule has 0 aromatic rings. The van der Waals surface area contributed by atoms with E-state index in [-0.39, 0.29) is 62.4 Å². The minimum atomic E-state index is -4.58. The fourth-order valence-corrected chi connectivity index (χ4v) is 9.85. The minimum Gasteiger partial charge on any atom is -0.748 e. The first kappa shape index (κ1) is 33.1. The predicted octanol–water partition coefficient (Wildman–Crippen LogP) is -6.50. The Hall–Kier alpha value is 0.915. The normalized spacial score (nSPS) is 25.7. The molecule has 10 nitrogen and oxygen atoms in total. The molecule has 16 heteroatoms. The molecular weight excluding hydrogens is 470 g/mol. The molecule has 0 aliphatic heterocycles. The zero-order valence-electron chi connectivity index (χ0n) is 17.7. The van der Waals surface area contributed by atoms with Gasteiger partial charge in [-0.05, 0) is 37.5 Å². The Morgan fingerprint density at radius 3 is 1.10 bits per heavy atom. The Labute approximate surface area is 204 Å². The van der Waals surface area contributed by atoms with Gasteiger partial charge < -0.3 is 9.11 Å². The topological polar surface area (TPSA) is 183 Å². The van der Waals surface area contributed by atoms with Crippen molar-refractivity contribution in [3.05, 3.63) is 0 Å². The summed E-state index contributed by atoms with van der Waals surface area (Å²) >= 11 is 0. The third-order valence-electron chi connectivity index (χ3n) is 5.16. The summed E-state index contributed by atoms with van der Waals surface area (Å²) in [5, 5.41) is -2.52. The van der Waals surface area contributed by atoms with Crippen LogP contribution in [-0.4, -0.2) is 76.3 Å². The van der Waals surface area contributed by atoms with Gasteiger partial charge in [-0.2, -0.15) is 0 Å². The fourth-order valence-electron chi connectivity index (χ4n) is 3.43. The van der Waals surface area contributed by atoms with Crippen molar-refractivity contribution >= 4 is 39.9 Å². The summed E-state index contributed by atoms with van der Waals surface area (Å²) in [5.41, 5.74) is 0. The van der Waals surface area contributed by atoms with Crippen LogP contribution >= 0.6 is 0 Å². The second-order valence-electron chi connectivity index (χ2n) is 7.47. The van der Waals surface area contributed by atoms with Crippen molar-refractivity contribution in [3.63, 3.8) is 0 Å². The molecule has 1 fully saturated rings. The Kier molecular flexibility index (Phi) is 13.7. The molecule has 0 radical (unpaired) electrons. The zero-order valence-corrected chi connectivity index (χ0v) is 20.9. The average Bonchev–Trinajstić information content (AvgIpc) is 2.46. The van der Waals surface area contributed by atoms with E-state index in [1.54, 1.807) is 13.8 Å². The summed E-state index contributed by atoms with van der Waals surface area (Å²) in [5.74, 6) is -3.14. The van der Waals surface area contributed by atoms with Crippen LogP contribution in [0.3, 0.4) is 0 Å². The molecule has 1 saturated carbocycles. The number of sulfone groups is 2. The zero-order chi connectivity index (χ0) is 22.0. The van der Waals surface area contributed by atoms with Crippen molar-refractivity contribution in [2.45, 2.75) is 50.0 Å². The standard InChI is InChI=1S/C14H28O10S4.2Li/c1-11-9-13(25(15,16)5-3-7-27(19,20)21)14(10-12(11)2)26(17,18)6-4-8-28(22,23)24;;/h11-14H,3-10H2,1-2H3,(H,19,20,21)(H,22,23,24);;/q;2*+1/p-2. The summed E-state index contributed by atoms with van der Waals surface area (Å²) in [6.45, 7) is 3.59. The Morgan fingerprint density at radius 2 is 0.867 bits per heavy atom. The van der Waals surface area contributed by atoms with Gasteiger partial charge in [0.2, 0.25) is 0 Å². The van der Waals surface area contributed by atoms with Gasteiger partial charge in [0.05, 0.1) is 42.2 Å². The molecule has 0 bridgehead atoms. The summed E-state index contributed by atoms with van der Waals surface area (Å²) in [7, 11) is -17.2. The van der Waals surface area contributed by atoms with Crippen LogP contribution < -0.4 is 37.7 Å². The van der Waals surface area contributed by atoms with Crippen LogP contribution in [0.25, 0.3) is 0 Å². The predicted molar refractivity (Wildman–Crippen MR) is 101 cm³/mol. The van der Waals surface area contributed by atoms with E-state index < -0.39 is 86.3 Å². The summed E-state index contributed by atoms with van der Waals surface area (Å²) in [6.07, 6.45) is -0.708. The van der Waals surface area contributed by atoms with Gasteiger partial charge in [0.25, 0.3) is 0 Å². The largest absolute Gasteiger partial charge is 1.00 e. The van der Waals surface area contributed by atoms with E-state index >= 15 is 0 Å². The van der Waals surface area contributed by atoms with E-state index in [1.165, 1.54) is 0 Å². The minimum absolute atomic E-state index is 0. The van der Waals surface area contributed by atoms with Crippen molar-refractivity contribution in [1.29, 1.82) is 0 Å². The van der Waals surface area contributed by atoms with E-state index in [1.807, 2.05) is 0 Å². The molecule has 0 aromatic heterocycles. The molecule has 0 heterocycles.